The van der Waals surface area contributed by atoms with Crippen LogP contribution in [-0.2, 0) is 4.79 Å². The first-order chi connectivity index (χ1) is 13.1. The van der Waals surface area contributed by atoms with Gasteiger partial charge in [0.15, 0.2) is 16.7 Å². The number of para-hydroxylation sites is 2. The quantitative estimate of drug-likeness (QED) is 0.371. The number of benzene rings is 2. The van der Waals surface area contributed by atoms with Crippen LogP contribution in [0.2, 0.25) is 0 Å². The molecule has 1 heterocycles. The maximum Gasteiger partial charge on any atom is 0.250 e. The number of imidazole rings is 1. The summed E-state index contributed by atoms with van der Waals surface area (Å²) in [6.45, 7) is 1.81. The van der Waals surface area contributed by atoms with Gasteiger partial charge in [0.05, 0.1) is 36.7 Å². The second-order valence-electron chi connectivity index (χ2n) is 5.65. The first-order valence-electron chi connectivity index (χ1n) is 8.24. The molecule has 0 unspecified atom stereocenters. The molecule has 0 bridgehead atoms. The minimum absolute atomic E-state index is 0.208. The molecular weight excluding hydrogens is 364 g/mol. The smallest absolute Gasteiger partial charge is 0.250 e. The number of fused-ring (bicyclic) bond motifs is 1. The number of nitrogens with one attached hydrogen (secondary N) is 2. The van der Waals surface area contributed by atoms with E-state index in [1.165, 1.54) is 11.8 Å². The Bertz CT molecular complexity index is 951. The van der Waals surface area contributed by atoms with Gasteiger partial charge in [-0.25, -0.2) is 10.4 Å². The molecule has 0 spiro atoms. The molecule has 3 rings (SSSR count). The summed E-state index contributed by atoms with van der Waals surface area (Å²) in [6, 6.07) is 13.2. The van der Waals surface area contributed by atoms with Crippen LogP contribution >= 0.6 is 11.8 Å². The van der Waals surface area contributed by atoms with Crippen LogP contribution in [0.1, 0.15) is 12.5 Å². The molecule has 0 fully saturated rings. The van der Waals surface area contributed by atoms with Crippen molar-refractivity contribution in [2.45, 2.75) is 12.1 Å². The van der Waals surface area contributed by atoms with Crippen molar-refractivity contribution in [1.82, 2.24) is 15.4 Å². The Morgan fingerprint density at radius 3 is 2.70 bits per heavy atom. The highest BCUT2D eigenvalue weighted by Gasteiger charge is 2.09. The number of H-pyrrole nitrogens is 1. The van der Waals surface area contributed by atoms with E-state index in [1.54, 1.807) is 20.3 Å². The molecular formula is C19H20N4O3S. The summed E-state index contributed by atoms with van der Waals surface area (Å²) in [7, 11) is 3.16. The van der Waals surface area contributed by atoms with Gasteiger partial charge in [-0.1, -0.05) is 23.9 Å². The van der Waals surface area contributed by atoms with E-state index in [1.807, 2.05) is 43.3 Å². The summed E-state index contributed by atoms with van der Waals surface area (Å²) in [6.07, 6.45) is 0. The van der Waals surface area contributed by atoms with Gasteiger partial charge in [-0.15, -0.1) is 0 Å². The molecule has 0 aliphatic rings. The number of carbonyl (C=O) groups excluding carboxylic acids is 1. The van der Waals surface area contributed by atoms with Crippen LogP contribution in [0, 0.1) is 0 Å². The number of rotatable bonds is 7. The van der Waals surface area contributed by atoms with Gasteiger partial charge in [-0.05, 0) is 37.3 Å². The predicted molar refractivity (Wildman–Crippen MR) is 107 cm³/mol. The Labute approximate surface area is 161 Å². The molecule has 3 aromatic rings. The van der Waals surface area contributed by atoms with E-state index in [9.17, 15) is 4.79 Å². The lowest BCUT2D eigenvalue weighted by molar-refractivity contribution is -0.118. The highest BCUT2D eigenvalue weighted by atomic mass is 32.2. The third-order valence-corrected chi connectivity index (χ3v) is 4.73. The van der Waals surface area contributed by atoms with Gasteiger partial charge in [0, 0.05) is 5.56 Å². The Morgan fingerprint density at radius 1 is 1.19 bits per heavy atom. The van der Waals surface area contributed by atoms with Gasteiger partial charge >= 0.3 is 0 Å². The van der Waals surface area contributed by atoms with Gasteiger partial charge in [0.25, 0.3) is 5.91 Å². The molecule has 140 valence electrons. The number of carbonyl (C=O) groups is 1. The number of aromatic amines is 1. The average Bonchev–Trinajstić information content (AvgIpc) is 3.12. The Balaban J connectivity index is 1.58. The summed E-state index contributed by atoms with van der Waals surface area (Å²) in [5, 5.41) is 4.86. The zero-order valence-electron chi connectivity index (χ0n) is 15.3. The summed E-state index contributed by atoms with van der Waals surface area (Å²) >= 11 is 1.33. The zero-order valence-corrected chi connectivity index (χ0v) is 16.1. The summed E-state index contributed by atoms with van der Waals surface area (Å²) < 4.78 is 10.5. The number of hydrogen-bond donors (Lipinski definition) is 2. The summed E-state index contributed by atoms with van der Waals surface area (Å²) in [5.74, 6) is 1.25. The van der Waals surface area contributed by atoms with Crippen molar-refractivity contribution in [2.75, 3.05) is 20.0 Å². The number of amides is 1. The monoisotopic (exact) mass is 384 g/mol. The maximum atomic E-state index is 12.1. The second-order valence-corrected chi connectivity index (χ2v) is 6.61. The molecule has 2 N–H and O–H groups in total. The minimum atomic E-state index is -0.208. The Hall–Kier alpha value is -3.00. The molecule has 0 radical (unpaired) electrons. The van der Waals surface area contributed by atoms with Gasteiger partial charge in [0.2, 0.25) is 0 Å². The maximum absolute atomic E-state index is 12.1. The van der Waals surface area contributed by atoms with E-state index in [2.05, 4.69) is 20.5 Å². The van der Waals surface area contributed by atoms with Crippen molar-refractivity contribution in [3.63, 3.8) is 0 Å². The number of thioether (sulfide) groups is 1. The summed E-state index contributed by atoms with van der Waals surface area (Å²) in [4.78, 5) is 19.7. The zero-order chi connectivity index (χ0) is 19.2. The molecule has 8 heteroatoms. The van der Waals surface area contributed by atoms with Crippen LogP contribution in [0.15, 0.2) is 52.7 Å². The van der Waals surface area contributed by atoms with E-state index in [-0.39, 0.29) is 11.7 Å². The topological polar surface area (TPSA) is 88.6 Å². The first-order valence-corrected chi connectivity index (χ1v) is 9.22. The molecule has 7 nitrogen and oxygen atoms in total. The largest absolute Gasteiger partial charge is 0.493 e. The third kappa shape index (κ3) is 4.59. The molecule has 1 amide bonds. The minimum Gasteiger partial charge on any atom is -0.493 e. The normalized spacial score (nSPS) is 11.4. The third-order valence-electron chi connectivity index (χ3n) is 3.86. The molecule has 2 aromatic carbocycles. The van der Waals surface area contributed by atoms with Crippen molar-refractivity contribution in [3.8, 4) is 11.5 Å². The SMILES string of the molecule is COc1ccc(/C(C)=N/NC(=O)CSc2nc3ccccc3[nH]2)cc1OC. The standard InChI is InChI=1S/C19H20N4O3S/c1-12(13-8-9-16(25-2)17(10-13)26-3)22-23-18(24)11-27-19-20-14-6-4-5-7-15(14)21-19/h4-10H,11H2,1-3H3,(H,20,21)(H,23,24)/b22-12+. The van der Waals surface area contributed by atoms with Crippen molar-refractivity contribution in [3.05, 3.63) is 48.0 Å². The molecule has 0 aliphatic heterocycles. The van der Waals surface area contributed by atoms with Crippen LogP contribution in [0.3, 0.4) is 0 Å². The number of ether oxygens (including phenoxy) is 2. The lowest BCUT2D eigenvalue weighted by Gasteiger charge is -2.09. The number of nitrogens with zero attached hydrogens (tertiary/aromatic N) is 2. The Morgan fingerprint density at radius 2 is 1.96 bits per heavy atom. The van der Waals surface area contributed by atoms with E-state index in [4.69, 9.17) is 9.47 Å². The van der Waals surface area contributed by atoms with Gasteiger partial charge in [0.1, 0.15) is 0 Å². The highest BCUT2D eigenvalue weighted by molar-refractivity contribution is 7.99. The number of aromatic nitrogens is 2. The van der Waals surface area contributed by atoms with E-state index >= 15 is 0 Å². The van der Waals surface area contributed by atoms with E-state index in [0.29, 0.717) is 22.4 Å². The van der Waals surface area contributed by atoms with Gasteiger partial charge in [-0.2, -0.15) is 5.10 Å². The van der Waals surface area contributed by atoms with Crippen molar-refractivity contribution >= 4 is 34.4 Å². The summed E-state index contributed by atoms with van der Waals surface area (Å²) in [5.41, 5.74) is 5.89. The van der Waals surface area contributed by atoms with Crippen LogP contribution in [0.4, 0.5) is 0 Å². The van der Waals surface area contributed by atoms with Gasteiger partial charge in [-0.3, -0.25) is 4.79 Å². The average molecular weight is 384 g/mol. The second kappa shape index (κ2) is 8.59. The molecule has 0 atom stereocenters. The fourth-order valence-corrected chi connectivity index (χ4v) is 3.11. The van der Waals surface area contributed by atoms with Crippen LogP contribution < -0.4 is 14.9 Å². The first kappa shape index (κ1) is 18.8. The van der Waals surface area contributed by atoms with Crippen LogP contribution in [-0.4, -0.2) is 41.6 Å². The molecule has 0 saturated carbocycles. The molecule has 27 heavy (non-hydrogen) atoms. The van der Waals surface area contributed by atoms with Crippen LogP contribution in [0.25, 0.3) is 11.0 Å². The van der Waals surface area contributed by atoms with E-state index < -0.39 is 0 Å². The molecule has 1 aromatic heterocycles. The number of hydrazone groups is 1. The molecule has 0 aliphatic carbocycles. The Kier molecular flexibility index (Phi) is 5.97. The lowest BCUT2D eigenvalue weighted by atomic mass is 10.1. The van der Waals surface area contributed by atoms with Crippen LogP contribution in [0.5, 0.6) is 11.5 Å². The van der Waals surface area contributed by atoms with Crippen molar-refractivity contribution < 1.29 is 14.3 Å². The number of methoxy groups -OCH3 is 2. The lowest BCUT2D eigenvalue weighted by Crippen LogP contribution is -2.21. The number of hydrogen-bond acceptors (Lipinski definition) is 6. The fourth-order valence-electron chi connectivity index (χ4n) is 2.44. The van der Waals surface area contributed by atoms with Gasteiger partial charge < -0.3 is 14.5 Å². The molecule has 0 saturated heterocycles. The fraction of sp³-hybridized carbons (Fsp3) is 0.211. The highest BCUT2D eigenvalue weighted by Crippen LogP contribution is 2.27. The van der Waals surface area contributed by atoms with E-state index in [0.717, 1.165) is 16.6 Å². The van der Waals surface area contributed by atoms with Crippen molar-refractivity contribution in [2.24, 2.45) is 5.10 Å². The predicted octanol–water partition coefficient (Wildman–Crippen LogP) is 3.21. The van der Waals surface area contributed by atoms with Crippen molar-refractivity contribution in [1.29, 1.82) is 0 Å².